The van der Waals surface area contributed by atoms with Gasteiger partial charge in [0.1, 0.15) is 0 Å². The number of fused-ring (bicyclic) bond motifs is 1. The Morgan fingerprint density at radius 2 is 2.35 bits per heavy atom. The summed E-state index contributed by atoms with van der Waals surface area (Å²) in [5.41, 5.74) is 3.91. The Labute approximate surface area is 142 Å². The van der Waals surface area contributed by atoms with Crippen molar-refractivity contribution in [2.24, 2.45) is 4.99 Å². The number of aromatic amines is 1. The summed E-state index contributed by atoms with van der Waals surface area (Å²) in [6, 6.07) is 7.02. The molecule has 0 amide bonds. The van der Waals surface area contributed by atoms with Crippen molar-refractivity contribution in [2.75, 3.05) is 25.1 Å². The molecule has 3 N–H and O–H groups in total. The Kier molecular flexibility index (Phi) is 5.49. The Bertz CT molecular complexity index is 671. The number of hydrogen-bond acceptors (Lipinski definition) is 2. The van der Waals surface area contributed by atoms with Gasteiger partial charge < -0.3 is 15.6 Å². The van der Waals surface area contributed by atoms with Crippen LogP contribution in [0.3, 0.4) is 0 Å². The maximum absolute atomic E-state index is 4.35. The van der Waals surface area contributed by atoms with Gasteiger partial charge in [-0.25, -0.2) is 0 Å². The highest BCUT2D eigenvalue weighted by atomic mass is 32.2. The summed E-state index contributed by atoms with van der Waals surface area (Å²) >= 11 is 2.03. The third-order valence-electron chi connectivity index (χ3n) is 4.42. The number of para-hydroxylation sites is 1. The normalized spacial score (nSPS) is 19.0. The van der Waals surface area contributed by atoms with E-state index >= 15 is 0 Å². The maximum atomic E-state index is 4.35. The van der Waals surface area contributed by atoms with Crippen molar-refractivity contribution in [1.29, 1.82) is 0 Å². The minimum atomic E-state index is 0.552. The van der Waals surface area contributed by atoms with E-state index in [4.69, 9.17) is 0 Å². The summed E-state index contributed by atoms with van der Waals surface area (Å²) in [7, 11) is 1.85. The quantitative estimate of drug-likeness (QED) is 0.596. The average Bonchev–Trinajstić information content (AvgIpc) is 2.99. The van der Waals surface area contributed by atoms with Crippen molar-refractivity contribution in [1.82, 2.24) is 15.6 Å². The van der Waals surface area contributed by atoms with Crippen LogP contribution >= 0.6 is 11.8 Å². The number of aryl methyl sites for hydroxylation is 1. The first kappa shape index (κ1) is 16.2. The lowest BCUT2D eigenvalue weighted by Gasteiger charge is -2.24. The van der Waals surface area contributed by atoms with Crippen molar-refractivity contribution in [3.63, 3.8) is 0 Å². The van der Waals surface area contributed by atoms with E-state index in [9.17, 15) is 0 Å². The molecule has 5 heteroatoms. The Balaban J connectivity index is 1.54. The number of guanidine groups is 1. The third-order valence-corrected chi connectivity index (χ3v) is 5.64. The lowest BCUT2D eigenvalue weighted by atomic mass is 10.1. The van der Waals surface area contributed by atoms with Gasteiger partial charge in [-0.1, -0.05) is 18.2 Å². The molecule has 0 aliphatic carbocycles. The van der Waals surface area contributed by atoms with Gasteiger partial charge in [0.2, 0.25) is 0 Å². The number of H-pyrrole nitrogens is 1. The summed E-state index contributed by atoms with van der Waals surface area (Å²) in [6.07, 6.45) is 5.67. The van der Waals surface area contributed by atoms with Crippen LogP contribution in [0.2, 0.25) is 0 Å². The van der Waals surface area contributed by atoms with Crippen molar-refractivity contribution in [2.45, 2.75) is 32.2 Å². The van der Waals surface area contributed by atoms with Gasteiger partial charge in [0, 0.05) is 42.5 Å². The molecule has 1 atom stereocenters. The van der Waals surface area contributed by atoms with Crippen LogP contribution in [0.15, 0.2) is 29.4 Å². The number of thioether (sulfide) groups is 1. The van der Waals surface area contributed by atoms with E-state index in [0.29, 0.717) is 6.04 Å². The summed E-state index contributed by atoms with van der Waals surface area (Å²) in [5, 5.41) is 8.32. The van der Waals surface area contributed by atoms with Gasteiger partial charge in [-0.3, -0.25) is 4.99 Å². The third kappa shape index (κ3) is 4.02. The molecule has 124 valence electrons. The first-order chi connectivity index (χ1) is 11.3. The molecule has 1 aromatic heterocycles. The van der Waals surface area contributed by atoms with Crippen LogP contribution in [0, 0.1) is 6.92 Å². The second-order valence-electron chi connectivity index (χ2n) is 6.12. The van der Waals surface area contributed by atoms with Gasteiger partial charge >= 0.3 is 0 Å². The van der Waals surface area contributed by atoms with E-state index in [2.05, 4.69) is 51.9 Å². The van der Waals surface area contributed by atoms with Crippen LogP contribution in [0.4, 0.5) is 0 Å². The minimum absolute atomic E-state index is 0.552. The molecule has 0 radical (unpaired) electrons. The molecule has 1 fully saturated rings. The van der Waals surface area contributed by atoms with Gasteiger partial charge in [0.25, 0.3) is 0 Å². The van der Waals surface area contributed by atoms with Crippen LogP contribution in [0.25, 0.3) is 10.9 Å². The molecule has 2 aromatic rings. The van der Waals surface area contributed by atoms with Crippen LogP contribution in [-0.4, -0.2) is 42.1 Å². The fourth-order valence-corrected chi connectivity index (χ4v) is 4.20. The van der Waals surface area contributed by atoms with E-state index in [1.807, 2.05) is 18.8 Å². The SMILES string of the molecule is CN=C(NCCc1c[nH]c2c(C)cccc12)NC1CCCSC1. The maximum Gasteiger partial charge on any atom is 0.191 e. The molecular formula is C18H26N4S. The summed E-state index contributed by atoms with van der Waals surface area (Å²) in [4.78, 5) is 7.75. The molecule has 0 bridgehead atoms. The molecule has 1 saturated heterocycles. The first-order valence-corrected chi connectivity index (χ1v) is 9.54. The number of rotatable bonds is 4. The lowest BCUT2D eigenvalue weighted by Crippen LogP contribution is -2.46. The van der Waals surface area contributed by atoms with Gasteiger partial charge in [-0.15, -0.1) is 0 Å². The summed E-state index contributed by atoms with van der Waals surface area (Å²) < 4.78 is 0. The van der Waals surface area contributed by atoms with Crippen molar-refractivity contribution >= 4 is 28.6 Å². The second-order valence-corrected chi connectivity index (χ2v) is 7.27. The van der Waals surface area contributed by atoms with E-state index in [0.717, 1.165) is 18.9 Å². The number of aliphatic imine (C=N–C) groups is 1. The van der Waals surface area contributed by atoms with E-state index in [1.54, 1.807) is 0 Å². The number of hydrogen-bond donors (Lipinski definition) is 3. The largest absolute Gasteiger partial charge is 0.361 e. The molecule has 0 spiro atoms. The second kappa shape index (κ2) is 7.77. The van der Waals surface area contributed by atoms with E-state index in [1.165, 1.54) is 46.4 Å². The number of aromatic nitrogens is 1. The van der Waals surface area contributed by atoms with Crippen molar-refractivity contribution in [3.05, 3.63) is 35.5 Å². The van der Waals surface area contributed by atoms with Gasteiger partial charge in [0.15, 0.2) is 5.96 Å². The number of benzene rings is 1. The standard InChI is InChI=1S/C18H26N4S/c1-13-5-3-7-16-14(11-21-17(13)16)8-9-20-18(19-2)22-15-6-4-10-23-12-15/h3,5,7,11,15,21H,4,6,8-10,12H2,1-2H3,(H2,19,20,22). The predicted molar refractivity (Wildman–Crippen MR) is 102 cm³/mol. The molecular weight excluding hydrogens is 304 g/mol. The highest BCUT2D eigenvalue weighted by Crippen LogP contribution is 2.21. The van der Waals surface area contributed by atoms with E-state index < -0.39 is 0 Å². The van der Waals surface area contributed by atoms with Gasteiger partial charge in [-0.05, 0) is 43.1 Å². The van der Waals surface area contributed by atoms with Gasteiger partial charge in [0.05, 0.1) is 0 Å². The molecule has 4 nitrogen and oxygen atoms in total. The zero-order valence-electron chi connectivity index (χ0n) is 14.0. The highest BCUT2D eigenvalue weighted by molar-refractivity contribution is 7.99. The smallest absolute Gasteiger partial charge is 0.191 e. The fourth-order valence-electron chi connectivity index (χ4n) is 3.13. The van der Waals surface area contributed by atoms with Crippen molar-refractivity contribution in [3.8, 4) is 0 Å². The molecule has 2 heterocycles. The van der Waals surface area contributed by atoms with Crippen LogP contribution in [0.1, 0.15) is 24.0 Å². The zero-order valence-corrected chi connectivity index (χ0v) is 14.8. The lowest BCUT2D eigenvalue weighted by molar-refractivity contribution is 0.582. The summed E-state index contributed by atoms with van der Waals surface area (Å²) in [6.45, 7) is 3.04. The number of nitrogens with one attached hydrogen (secondary N) is 3. The molecule has 1 unspecified atom stereocenters. The average molecular weight is 331 g/mol. The summed E-state index contributed by atoms with van der Waals surface area (Å²) in [5.74, 6) is 3.40. The Hall–Kier alpha value is -1.62. The van der Waals surface area contributed by atoms with Crippen LogP contribution in [-0.2, 0) is 6.42 Å². The topological polar surface area (TPSA) is 52.2 Å². The van der Waals surface area contributed by atoms with Crippen LogP contribution < -0.4 is 10.6 Å². The Morgan fingerprint density at radius 1 is 1.43 bits per heavy atom. The van der Waals surface area contributed by atoms with Crippen LogP contribution in [0.5, 0.6) is 0 Å². The molecule has 1 aliphatic rings. The Morgan fingerprint density at radius 3 is 3.13 bits per heavy atom. The monoisotopic (exact) mass is 330 g/mol. The van der Waals surface area contributed by atoms with Crippen molar-refractivity contribution < 1.29 is 0 Å². The molecule has 1 aromatic carbocycles. The molecule has 0 saturated carbocycles. The van der Waals surface area contributed by atoms with Gasteiger partial charge in [-0.2, -0.15) is 11.8 Å². The number of nitrogens with zero attached hydrogens (tertiary/aromatic N) is 1. The predicted octanol–water partition coefficient (Wildman–Crippen LogP) is 3.08. The van der Waals surface area contributed by atoms with E-state index in [-0.39, 0.29) is 0 Å². The molecule has 3 rings (SSSR count). The molecule has 23 heavy (non-hydrogen) atoms. The zero-order chi connectivity index (χ0) is 16.1. The fraction of sp³-hybridized carbons (Fsp3) is 0.500. The first-order valence-electron chi connectivity index (χ1n) is 8.38. The minimum Gasteiger partial charge on any atom is -0.361 e. The highest BCUT2D eigenvalue weighted by Gasteiger charge is 2.14. The molecule has 1 aliphatic heterocycles.